The molecular weight excluding hydrogens is 315 g/mol. The number of nitrogens with zero attached hydrogens (tertiary/aromatic N) is 3. The molecule has 4 nitrogen and oxygen atoms in total. The average Bonchev–Trinajstić information content (AvgIpc) is 3.12. The van der Waals surface area contributed by atoms with Crippen LogP contribution in [0.4, 0.5) is 4.39 Å². The van der Waals surface area contributed by atoms with Crippen LogP contribution in [0.3, 0.4) is 0 Å². The molecule has 1 aromatic heterocycles. The zero-order chi connectivity index (χ0) is 15.5. The van der Waals surface area contributed by atoms with Crippen molar-refractivity contribution in [2.24, 2.45) is 11.7 Å². The van der Waals surface area contributed by atoms with Gasteiger partial charge in [0, 0.05) is 30.9 Å². The molecule has 6 heteroatoms. The van der Waals surface area contributed by atoms with Gasteiger partial charge in [0.1, 0.15) is 5.82 Å². The first kappa shape index (κ1) is 17.9. The Hall–Kier alpha value is -1.43. The van der Waals surface area contributed by atoms with E-state index in [2.05, 4.69) is 23.1 Å². The van der Waals surface area contributed by atoms with Crippen LogP contribution in [0, 0.1) is 11.7 Å². The van der Waals surface area contributed by atoms with Gasteiger partial charge in [-0.3, -0.25) is 9.58 Å². The minimum absolute atomic E-state index is 0. The van der Waals surface area contributed by atoms with Crippen molar-refractivity contribution in [3.05, 3.63) is 53.6 Å². The first-order valence-corrected chi connectivity index (χ1v) is 7.84. The number of benzene rings is 1. The fourth-order valence-corrected chi connectivity index (χ4v) is 3.04. The molecule has 0 bridgehead atoms. The SMILES string of the molecule is CC(N)C1CCN(Cc2cnn(Cc3ccc(F)cc3)c2)C1.Cl. The third-order valence-electron chi connectivity index (χ3n) is 4.40. The van der Waals surface area contributed by atoms with E-state index in [0.717, 1.165) is 25.2 Å². The van der Waals surface area contributed by atoms with Gasteiger partial charge in [0.2, 0.25) is 0 Å². The zero-order valence-corrected chi connectivity index (χ0v) is 14.2. The lowest BCUT2D eigenvalue weighted by Crippen LogP contribution is -2.29. The molecule has 3 rings (SSSR count). The zero-order valence-electron chi connectivity index (χ0n) is 13.4. The molecule has 126 valence electrons. The predicted octanol–water partition coefficient (Wildman–Crippen LogP) is 2.66. The Bertz CT molecular complexity index is 611. The lowest BCUT2D eigenvalue weighted by Gasteiger charge is -2.16. The number of hydrogen-bond acceptors (Lipinski definition) is 3. The van der Waals surface area contributed by atoms with E-state index in [4.69, 9.17) is 5.73 Å². The summed E-state index contributed by atoms with van der Waals surface area (Å²) in [6, 6.07) is 6.83. The molecule has 1 saturated heterocycles. The van der Waals surface area contributed by atoms with E-state index >= 15 is 0 Å². The monoisotopic (exact) mass is 338 g/mol. The predicted molar refractivity (Wildman–Crippen MR) is 92.0 cm³/mol. The standard InChI is InChI=1S/C17H23FN4.ClH/c1-13(19)16-6-7-21(12-16)9-15-8-20-22(11-15)10-14-2-4-17(18)5-3-14;/h2-5,8,11,13,16H,6-7,9-10,12,19H2,1H3;1H. The van der Waals surface area contributed by atoms with Crippen molar-refractivity contribution in [2.75, 3.05) is 13.1 Å². The minimum atomic E-state index is -0.206. The maximum Gasteiger partial charge on any atom is 0.123 e. The summed E-state index contributed by atoms with van der Waals surface area (Å²) in [5.74, 6) is 0.400. The molecule has 1 aromatic carbocycles. The first-order chi connectivity index (χ1) is 10.6. The van der Waals surface area contributed by atoms with E-state index in [9.17, 15) is 4.39 Å². The van der Waals surface area contributed by atoms with Gasteiger partial charge in [0.05, 0.1) is 12.7 Å². The van der Waals surface area contributed by atoms with E-state index in [1.54, 1.807) is 12.1 Å². The number of hydrogen-bond donors (Lipinski definition) is 1. The Labute approximate surface area is 142 Å². The van der Waals surface area contributed by atoms with E-state index in [-0.39, 0.29) is 24.3 Å². The van der Waals surface area contributed by atoms with E-state index in [1.165, 1.54) is 24.1 Å². The van der Waals surface area contributed by atoms with Crippen molar-refractivity contribution in [2.45, 2.75) is 32.5 Å². The number of aromatic nitrogens is 2. The van der Waals surface area contributed by atoms with Crippen molar-refractivity contribution < 1.29 is 4.39 Å². The molecule has 2 aromatic rings. The molecule has 0 radical (unpaired) electrons. The van der Waals surface area contributed by atoms with E-state index < -0.39 is 0 Å². The molecule has 0 amide bonds. The topological polar surface area (TPSA) is 47.1 Å². The van der Waals surface area contributed by atoms with Crippen LogP contribution in [0.5, 0.6) is 0 Å². The van der Waals surface area contributed by atoms with Gasteiger partial charge in [-0.25, -0.2) is 4.39 Å². The maximum atomic E-state index is 12.9. The van der Waals surface area contributed by atoms with Crippen molar-refractivity contribution in [3.8, 4) is 0 Å². The molecule has 2 heterocycles. The highest BCUT2D eigenvalue weighted by atomic mass is 35.5. The fourth-order valence-electron chi connectivity index (χ4n) is 3.04. The molecule has 0 aliphatic carbocycles. The first-order valence-electron chi connectivity index (χ1n) is 7.84. The van der Waals surface area contributed by atoms with Crippen LogP contribution in [-0.4, -0.2) is 33.8 Å². The van der Waals surface area contributed by atoms with Gasteiger partial charge >= 0.3 is 0 Å². The molecule has 2 unspecified atom stereocenters. The third-order valence-corrected chi connectivity index (χ3v) is 4.40. The highest BCUT2D eigenvalue weighted by Crippen LogP contribution is 2.20. The quantitative estimate of drug-likeness (QED) is 0.911. The molecule has 0 saturated carbocycles. The van der Waals surface area contributed by atoms with Crippen LogP contribution in [0.2, 0.25) is 0 Å². The van der Waals surface area contributed by atoms with Gasteiger partial charge < -0.3 is 5.73 Å². The molecule has 1 fully saturated rings. The van der Waals surface area contributed by atoms with Crippen molar-refractivity contribution in [1.82, 2.24) is 14.7 Å². The molecule has 23 heavy (non-hydrogen) atoms. The molecule has 2 atom stereocenters. The summed E-state index contributed by atoms with van der Waals surface area (Å²) in [5.41, 5.74) is 8.25. The van der Waals surface area contributed by atoms with Gasteiger partial charge in [0.15, 0.2) is 0 Å². The summed E-state index contributed by atoms with van der Waals surface area (Å²) in [6.45, 7) is 5.86. The highest BCUT2D eigenvalue weighted by molar-refractivity contribution is 5.85. The summed E-state index contributed by atoms with van der Waals surface area (Å²) >= 11 is 0. The van der Waals surface area contributed by atoms with Gasteiger partial charge in [-0.15, -0.1) is 12.4 Å². The lowest BCUT2D eigenvalue weighted by atomic mass is 10.0. The summed E-state index contributed by atoms with van der Waals surface area (Å²) in [4.78, 5) is 2.44. The smallest absolute Gasteiger partial charge is 0.123 e. The molecule has 1 aliphatic rings. The Morgan fingerprint density at radius 3 is 2.65 bits per heavy atom. The van der Waals surface area contributed by atoms with Crippen LogP contribution in [0.1, 0.15) is 24.5 Å². The molecule has 0 spiro atoms. The second-order valence-corrected chi connectivity index (χ2v) is 6.32. The third kappa shape index (κ3) is 4.77. The molecule has 2 N–H and O–H groups in total. The largest absolute Gasteiger partial charge is 0.328 e. The van der Waals surface area contributed by atoms with Gasteiger partial charge in [-0.05, 0) is 43.5 Å². The second kappa shape index (κ2) is 7.90. The van der Waals surface area contributed by atoms with E-state index in [0.29, 0.717) is 12.5 Å². The Morgan fingerprint density at radius 1 is 1.26 bits per heavy atom. The minimum Gasteiger partial charge on any atom is -0.328 e. The van der Waals surface area contributed by atoms with Crippen molar-refractivity contribution >= 4 is 12.4 Å². The Kier molecular flexibility index (Phi) is 6.16. The Morgan fingerprint density at radius 2 is 2.00 bits per heavy atom. The van der Waals surface area contributed by atoms with Crippen LogP contribution in [0.25, 0.3) is 0 Å². The molecule has 1 aliphatic heterocycles. The van der Waals surface area contributed by atoms with Crippen LogP contribution in [0.15, 0.2) is 36.7 Å². The molecular formula is C17H24ClFN4. The van der Waals surface area contributed by atoms with Crippen LogP contribution in [-0.2, 0) is 13.1 Å². The Balaban J connectivity index is 0.00000192. The number of rotatable bonds is 5. The average molecular weight is 339 g/mol. The van der Waals surface area contributed by atoms with Crippen molar-refractivity contribution in [3.63, 3.8) is 0 Å². The second-order valence-electron chi connectivity index (χ2n) is 6.32. The summed E-state index contributed by atoms with van der Waals surface area (Å²) in [7, 11) is 0. The number of halogens is 2. The lowest BCUT2D eigenvalue weighted by molar-refractivity contribution is 0.308. The van der Waals surface area contributed by atoms with Crippen LogP contribution < -0.4 is 5.73 Å². The van der Waals surface area contributed by atoms with Gasteiger partial charge in [-0.1, -0.05) is 12.1 Å². The fraction of sp³-hybridized carbons (Fsp3) is 0.471. The van der Waals surface area contributed by atoms with Gasteiger partial charge in [-0.2, -0.15) is 5.10 Å². The highest BCUT2D eigenvalue weighted by Gasteiger charge is 2.25. The van der Waals surface area contributed by atoms with E-state index in [1.807, 2.05) is 10.9 Å². The summed E-state index contributed by atoms with van der Waals surface area (Å²) in [6.07, 6.45) is 5.17. The normalized spacial score (nSPS) is 19.5. The maximum absolute atomic E-state index is 12.9. The van der Waals surface area contributed by atoms with Crippen molar-refractivity contribution in [1.29, 1.82) is 0 Å². The summed E-state index contributed by atoms with van der Waals surface area (Å²) < 4.78 is 14.8. The van der Waals surface area contributed by atoms with Crippen LogP contribution >= 0.6 is 12.4 Å². The number of nitrogens with two attached hydrogens (primary N) is 1. The summed E-state index contributed by atoms with van der Waals surface area (Å²) in [5, 5.41) is 4.40. The number of likely N-dealkylation sites (tertiary alicyclic amines) is 1. The van der Waals surface area contributed by atoms with Gasteiger partial charge in [0.25, 0.3) is 0 Å².